The topological polar surface area (TPSA) is 109 Å². The van der Waals surface area contributed by atoms with Crippen molar-refractivity contribution in [1.82, 2.24) is 19.9 Å². The molecule has 1 atom stereocenters. The summed E-state index contributed by atoms with van der Waals surface area (Å²) in [5, 5.41) is 6.55. The first kappa shape index (κ1) is 23.9. The molecule has 3 aromatic rings. The molecule has 10 heteroatoms. The molecule has 2 aromatic heterocycles. The fourth-order valence-electron chi connectivity index (χ4n) is 4.14. The first-order valence-corrected chi connectivity index (χ1v) is 12.6. The van der Waals surface area contributed by atoms with E-state index in [1.54, 1.807) is 0 Å². The Bertz CT molecular complexity index is 1240. The number of aromatic nitrogens is 3. The van der Waals surface area contributed by atoms with E-state index < -0.39 is 0 Å². The van der Waals surface area contributed by atoms with E-state index in [1.165, 1.54) is 22.2 Å². The molecule has 34 heavy (non-hydrogen) atoms. The molecule has 0 aliphatic carbocycles. The third-order valence-electron chi connectivity index (χ3n) is 5.97. The summed E-state index contributed by atoms with van der Waals surface area (Å²) < 4.78 is 1.72. The van der Waals surface area contributed by atoms with Crippen molar-refractivity contribution in [3.8, 4) is 0 Å². The second-order valence-corrected chi connectivity index (χ2v) is 9.44. The van der Waals surface area contributed by atoms with Crippen molar-refractivity contribution in [2.75, 3.05) is 29.9 Å². The summed E-state index contributed by atoms with van der Waals surface area (Å²) in [4.78, 5) is 49.0. The number of rotatable bonds is 8. The van der Waals surface area contributed by atoms with Crippen LogP contribution in [0.25, 0.3) is 10.3 Å². The van der Waals surface area contributed by atoms with Crippen molar-refractivity contribution >= 4 is 44.3 Å². The molecule has 9 nitrogen and oxygen atoms in total. The van der Waals surface area contributed by atoms with Gasteiger partial charge >= 0.3 is 0 Å². The predicted molar refractivity (Wildman–Crippen MR) is 134 cm³/mol. The largest absolute Gasteiger partial charge is 0.356 e. The zero-order chi connectivity index (χ0) is 24.1. The van der Waals surface area contributed by atoms with Crippen molar-refractivity contribution in [3.63, 3.8) is 0 Å². The summed E-state index contributed by atoms with van der Waals surface area (Å²) >= 11 is 1.27. The molecule has 0 saturated carbocycles. The fourth-order valence-corrected chi connectivity index (χ4v) is 5.14. The van der Waals surface area contributed by atoms with Gasteiger partial charge in [-0.1, -0.05) is 43.4 Å². The highest BCUT2D eigenvalue weighted by Gasteiger charge is 2.27. The Morgan fingerprint density at radius 1 is 1.24 bits per heavy atom. The van der Waals surface area contributed by atoms with E-state index in [4.69, 9.17) is 0 Å². The van der Waals surface area contributed by atoms with Gasteiger partial charge in [0.05, 0.1) is 5.92 Å². The van der Waals surface area contributed by atoms with Crippen LogP contribution in [0.15, 0.2) is 35.4 Å². The molecule has 2 amide bonds. The average Bonchev–Trinajstić information content (AvgIpc) is 3.30. The van der Waals surface area contributed by atoms with Gasteiger partial charge in [-0.15, -0.1) is 0 Å². The number of anilines is 2. The third-order valence-corrected chi connectivity index (χ3v) is 7.06. The number of para-hydroxylation sites is 1. The van der Waals surface area contributed by atoms with Crippen LogP contribution in [0, 0.1) is 5.92 Å². The molecule has 1 aliphatic rings. The van der Waals surface area contributed by atoms with E-state index in [0.717, 1.165) is 43.5 Å². The van der Waals surface area contributed by atoms with Crippen LogP contribution < -0.4 is 21.1 Å². The van der Waals surface area contributed by atoms with Crippen molar-refractivity contribution in [3.05, 3.63) is 46.5 Å². The van der Waals surface area contributed by atoms with E-state index in [0.29, 0.717) is 28.6 Å². The van der Waals surface area contributed by atoms with Gasteiger partial charge < -0.3 is 15.5 Å². The minimum Gasteiger partial charge on any atom is -0.356 e. The van der Waals surface area contributed by atoms with E-state index in [2.05, 4.69) is 25.5 Å². The van der Waals surface area contributed by atoms with E-state index in [-0.39, 0.29) is 29.8 Å². The molecule has 1 aromatic carbocycles. The summed E-state index contributed by atoms with van der Waals surface area (Å²) in [6, 6.07) is 7.62. The number of piperidine rings is 1. The van der Waals surface area contributed by atoms with Gasteiger partial charge in [-0.05, 0) is 37.3 Å². The Balaban J connectivity index is 1.48. The lowest BCUT2D eigenvalue weighted by Crippen LogP contribution is -2.43. The zero-order valence-electron chi connectivity index (χ0n) is 19.5. The second kappa shape index (κ2) is 10.8. The Morgan fingerprint density at radius 3 is 2.85 bits per heavy atom. The fraction of sp³-hybridized carbons (Fsp3) is 0.458. The number of hydrogen-bond acceptors (Lipinski definition) is 7. The quantitative estimate of drug-likeness (QED) is 0.511. The summed E-state index contributed by atoms with van der Waals surface area (Å²) in [5.74, 6) is -0.304. The molecular weight excluding hydrogens is 452 g/mol. The number of fused-ring (bicyclic) bond motifs is 1. The lowest BCUT2D eigenvalue weighted by molar-refractivity contribution is -0.125. The highest BCUT2D eigenvalue weighted by atomic mass is 32.1. The maximum absolute atomic E-state index is 13.1. The molecule has 1 saturated heterocycles. The van der Waals surface area contributed by atoms with Crippen LogP contribution in [0.3, 0.4) is 0 Å². The highest BCUT2D eigenvalue weighted by Crippen LogP contribution is 2.29. The van der Waals surface area contributed by atoms with Gasteiger partial charge in [-0.25, -0.2) is 4.98 Å². The Morgan fingerprint density at radius 2 is 2.06 bits per heavy atom. The normalized spacial score (nSPS) is 15.9. The number of carbonyl (C=O) groups excluding carboxylic acids is 2. The molecular formula is C24H30N6O3S. The SMILES string of the molecule is CCCNC(=O)[C@H]1CCCN(c2nc3ncn(CC(=O)Nc4ccccc4CC)c(=O)c3s2)C1. The highest BCUT2D eigenvalue weighted by molar-refractivity contribution is 7.22. The monoisotopic (exact) mass is 482 g/mol. The summed E-state index contributed by atoms with van der Waals surface area (Å²) in [6.07, 6.45) is 4.80. The Labute approximate surface area is 202 Å². The molecule has 4 rings (SSSR count). The van der Waals surface area contributed by atoms with Gasteiger partial charge in [0.25, 0.3) is 5.56 Å². The molecule has 3 heterocycles. The summed E-state index contributed by atoms with van der Waals surface area (Å²) in [6.45, 7) is 5.96. The molecule has 1 aliphatic heterocycles. The number of benzene rings is 1. The first-order valence-electron chi connectivity index (χ1n) is 11.8. The van der Waals surface area contributed by atoms with Crippen molar-refractivity contribution in [2.24, 2.45) is 5.92 Å². The van der Waals surface area contributed by atoms with Crippen LogP contribution in [0.1, 0.15) is 38.7 Å². The van der Waals surface area contributed by atoms with Crippen LogP contribution in [0.2, 0.25) is 0 Å². The van der Waals surface area contributed by atoms with Gasteiger partial charge in [0, 0.05) is 25.3 Å². The van der Waals surface area contributed by atoms with E-state index >= 15 is 0 Å². The average molecular weight is 483 g/mol. The molecule has 0 unspecified atom stereocenters. The van der Waals surface area contributed by atoms with Gasteiger partial charge in [-0.3, -0.25) is 19.0 Å². The van der Waals surface area contributed by atoms with Gasteiger partial charge in [-0.2, -0.15) is 4.98 Å². The predicted octanol–water partition coefficient (Wildman–Crippen LogP) is 2.80. The van der Waals surface area contributed by atoms with Crippen LogP contribution in [-0.2, 0) is 22.6 Å². The number of nitrogens with one attached hydrogen (secondary N) is 2. The van der Waals surface area contributed by atoms with Crippen LogP contribution in [0.5, 0.6) is 0 Å². The minimum absolute atomic E-state index is 0.0730. The number of carbonyl (C=O) groups is 2. The third kappa shape index (κ3) is 5.27. The lowest BCUT2D eigenvalue weighted by atomic mass is 9.97. The Hall–Kier alpha value is -3.27. The van der Waals surface area contributed by atoms with Gasteiger partial charge in [0.1, 0.15) is 17.6 Å². The molecule has 0 bridgehead atoms. The minimum atomic E-state index is -0.290. The second-order valence-electron chi connectivity index (χ2n) is 8.46. The number of thiazole rings is 1. The molecule has 0 spiro atoms. The van der Waals surface area contributed by atoms with E-state index in [1.807, 2.05) is 38.1 Å². The van der Waals surface area contributed by atoms with Crippen molar-refractivity contribution in [2.45, 2.75) is 46.1 Å². The molecule has 2 N–H and O–H groups in total. The van der Waals surface area contributed by atoms with Gasteiger partial charge in [0.2, 0.25) is 11.8 Å². The standard InChI is InChI=1S/C24H30N6O3S/c1-3-11-25-22(32)17-9-7-12-29(13-17)24-28-21-20(34-24)23(33)30(15-26-21)14-19(31)27-18-10-6-5-8-16(18)4-2/h5-6,8,10,15,17H,3-4,7,9,11-14H2,1-2H3,(H,25,32)(H,27,31)/t17-/m0/s1. The van der Waals surface area contributed by atoms with Crippen molar-refractivity contribution in [1.29, 1.82) is 0 Å². The molecule has 1 fully saturated rings. The maximum atomic E-state index is 13.1. The number of nitrogens with zero attached hydrogens (tertiary/aromatic N) is 4. The van der Waals surface area contributed by atoms with Crippen LogP contribution in [-0.4, -0.2) is 46.0 Å². The molecule has 0 radical (unpaired) electrons. The number of aryl methyl sites for hydroxylation is 1. The first-order chi connectivity index (χ1) is 16.5. The van der Waals surface area contributed by atoms with Crippen LogP contribution >= 0.6 is 11.3 Å². The van der Waals surface area contributed by atoms with Gasteiger partial charge in [0.15, 0.2) is 10.8 Å². The van der Waals surface area contributed by atoms with Crippen LogP contribution in [0.4, 0.5) is 10.8 Å². The Kier molecular flexibility index (Phi) is 7.56. The van der Waals surface area contributed by atoms with Crippen molar-refractivity contribution < 1.29 is 9.59 Å². The number of amides is 2. The molecule has 180 valence electrons. The lowest BCUT2D eigenvalue weighted by Gasteiger charge is -2.31. The summed E-state index contributed by atoms with van der Waals surface area (Å²) in [5.41, 5.74) is 1.87. The number of hydrogen-bond donors (Lipinski definition) is 2. The van der Waals surface area contributed by atoms with E-state index in [9.17, 15) is 14.4 Å². The zero-order valence-corrected chi connectivity index (χ0v) is 20.4. The smallest absolute Gasteiger partial charge is 0.273 e. The summed E-state index contributed by atoms with van der Waals surface area (Å²) in [7, 11) is 0. The maximum Gasteiger partial charge on any atom is 0.273 e.